The lowest BCUT2D eigenvalue weighted by Crippen LogP contribution is -2.23. The van der Waals surface area contributed by atoms with Crippen molar-refractivity contribution >= 4 is 28.6 Å². The summed E-state index contributed by atoms with van der Waals surface area (Å²) in [6.45, 7) is 0.332. The van der Waals surface area contributed by atoms with E-state index in [4.69, 9.17) is 0 Å². The van der Waals surface area contributed by atoms with Gasteiger partial charge in [0.25, 0.3) is 5.91 Å². The van der Waals surface area contributed by atoms with Crippen LogP contribution < -0.4 is 5.32 Å². The van der Waals surface area contributed by atoms with Crippen LogP contribution >= 0.6 is 11.8 Å². The van der Waals surface area contributed by atoms with Crippen LogP contribution in [0.5, 0.6) is 0 Å². The number of rotatable bonds is 5. The Morgan fingerprint density at radius 3 is 2.69 bits per heavy atom. The molecule has 0 spiro atoms. The second kappa shape index (κ2) is 8.36. The molecule has 0 saturated carbocycles. The molecule has 0 aliphatic carbocycles. The molecule has 29 heavy (non-hydrogen) atoms. The Kier molecular flexibility index (Phi) is 5.48. The van der Waals surface area contributed by atoms with Gasteiger partial charge in [0.1, 0.15) is 16.7 Å². The smallest absolute Gasteiger partial charge is 0.252 e. The SMILES string of the molecule is O=C(NCc1cccnc1)c1cc(Sc2ccc(F)cc2F)nc2ccccc12. The molecule has 0 aliphatic rings. The third kappa shape index (κ3) is 4.41. The van der Waals surface area contributed by atoms with Crippen molar-refractivity contribution in [2.75, 3.05) is 0 Å². The van der Waals surface area contributed by atoms with Gasteiger partial charge in [-0.1, -0.05) is 36.0 Å². The predicted octanol–water partition coefficient (Wildman–Crippen LogP) is 4.99. The molecule has 0 radical (unpaired) electrons. The maximum absolute atomic E-state index is 14.0. The Balaban J connectivity index is 1.66. The quantitative estimate of drug-likeness (QED) is 0.506. The first-order valence-electron chi connectivity index (χ1n) is 8.80. The molecule has 1 N–H and O–H groups in total. The Morgan fingerprint density at radius 1 is 1.03 bits per heavy atom. The number of hydrogen-bond donors (Lipinski definition) is 1. The first-order valence-corrected chi connectivity index (χ1v) is 9.61. The van der Waals surface area contributed by atoms with Crippen molar-refractivity contribution in [3.8, 4) is 0 Å². The molecule has 144 valence electrons. The predicted molar refractivity (Wildman–Crippen MR) is 108 cm³/mol. The Hall–Kier alpha value is -3.32. The molecule has 4 aromatic rings. The number of carbonyl (C=O) groups excluding carboxylic acids is 1. The van der Waals surface area contributed by atoms with Crippen molar-refractivity contribution in [1.29, 1.82) is 0 Å². The van der Waals surface area contributed by atoms with Gasteiger partial charge in [-0.25, -0.2) is 13.8 Å². The lowest BCUT2D eigenvalue weighted by Gasteiger charge is -2.10. The number of fused-ring (bicyclic) bond motifs is 1. The van der Waals surface area contributed by atoms with E-state index in [9.17, 15) is 13.6 Å². The molecule has 0 saturated heterocycles. The second-order valence-corrected chi connectivity index (χ2v) is 7.31. The average Bonchev–Trinajstić information content (AvgIpc) is 2.74. The molecule has 0 fully saturated rings. The molecule has 0 atom stereocenters. The van der Waals surface area contributed by atoms with Crippen LogP contribution in [0.2, 0.25) is 0 Å². The number of pyridine rings is 2. The molecule has 0 unspecified atom stereocenters. The van der Waals surface area contributed by atoms with Crippen LogP contribution in [-0.4, -0.2) is 15.9 Å². The van der Waals surface area contributed by atoms with Gasteiger partial charge in [-0.3, -0.25) is 9.78 Å². The molecule has 2 heterocycles. The van der Waals surface area contributed by atoms with Gasteiger partial charge in [0, 0.05) is 35.3 Å². The molecule has 0 aliphatic heterocycles. The highest BCUT2D eigenvalue weighted by Gasteiger charge is 2.15. The molecule has 0 bridgehead atoms. The number of hydrogen-bond acceptors (Lipinski definition) is 4. The molecule has 4 rings (SSSR count). The normalized spacial score (nSPS) is 10.8. The summed E-state index contributed by atoms with van der Waals surface area (Å²) in [7, 11) is 0. The molecule has 4 nitrogen and oxygen atoms in total. The maximum Gasteiger partial charge on any atom is 0.252 e. The highest BCUT2D eigenvalue weighted by Crippen LogP contribution is 2.31. The van der Waals surface area contributed by atoms with Crippen LogP contribution in [0.4, 0.5) is 8.78 Å². The van der Waals surface area contributed by atoms with Gasteiger partial charge in [-0.05, 0) is 35.9 Å². The summed E-state index contributed by atoms with van der Waals surface area (Å²) in [5.74, 6) is -1.59. The van der Waals surface area contributed by atoms with E-state index >= 15 is 0 Å². The number of halogens is 2. The van der Waals surface area contributed by atoms with Gasteiger partial charge in [0.2, 0.25) is 0 Å². The second-order valence-electron chi connectivity index (χ2n) is 6.25. The van der Waals surface area contributed by atoms with Crippen molar-refractivity contribution in [3.63, 3.8) is 0 Å². The summed E-state index contributed by atoms with van der Waals surface area (Å²) in [5, 5.41) is 4.02. The summed E-state index contributed by atoms with van der Waals surface area (Å²) in [6, 6.07) is 15.9. The van der Waals surface area contributed by atoms with E-state index in [0.29, 0.717) is 28.0 Å². The lowest BCUT2D eigenvalue weighted by atomic mass is 10.1. The van der Waals surface area contributed by atoms with Crippen LogP contribution in [0.3, 0.4) is 0 Å². The van der Waals surface area contributed by atoms with Gasteiger partial charge in [-0.2, -0.15) is 0 Å². The van der Waals surface area contributed by atoms with Gasteiger partial charge in [-0.15, -0.1) is 0 Å². The summed E-state index contributed by atoms with van der Waals surface area (Å²) in [4.78, 5) is 21.6. The van der Waals surface area contributed by atoms with Gasteiger partial charge in [0.05, 0.1) is 11.1 Å². The molecular formula is C22H15F2N3OS. The van der Waals surface area contributed by atoms with Crippen molar-refractivity contribution in [2.24, 2.45) is 0 Å². The number of nitrogens with one attached hydrogen (secondary N) is 1. The average molecular weight is 407 g/mol. The van der Waals surface area contributed by atoms with Gasteiger partial charge >= 0.3 is 0 Å². The largest absolute Gasteiger partial charge is 0.348 e. The van der Waals surface area contributed by atoms with Gasteiger partial charge in [0.15, 0.2) is 0 Å². The van der Waals surface area contributed by atoms with Crippen LogP contribution in [0.15, 0.2) is 83.0 Å². The van der Waals surface area contributed by atoms with E-state index in [1.807, 2.05) is 24.3 Å². The van der Waals surface area contributed by atoms with E-state index in [0.717, 1.165) is 23.4 Å². The standard InChI is InChI=1S/C22H15F2N3OS/c23-15-7-8-20(18(24)10-15)29-21-11-17(16-5-1-2-6-19(16)27-21)22(28)26-13-14-4-3-9-25-12-14/h1-12H,13H2,(H,26,28). The summed E-state index contributed by atoms with van der Waals surface area (Å²) in [5.41, 5.74) is 1.93. The maximum atomic E-state index is 14.0. The third-order valence-corrected chi connectivity index (χ3v) is 5.19. The van der Waals surface area contributed by atoms with Crippen LogP contribution in [0.1, 0.15) is 15.9 Å². The fourth-order valence-electron chi connectivity index (χ4n) is 2.84. The molecule has 2 aromatic carbocycles. The molecule has 2 aromatic heterocycles. The third-order valence-electron chi connectivity index (χ3n) is 4.22. The minimum atomic E-state index is -0.674. The van der Waals surface area contributed by atoms with E-state index < -0.39 is 11.6 Å². The topological polar surface area (TPSA) is 54.9 Å². The van der Waals surface area contributed by atoms with Crippen LogP contribution in [-0.2, 0) is 6.54 Å². The minimum absolute atomic E-state index is 0.232. The summed E-state index contributed by atoms with van der Waals surface area (Å²) in [6.07, 6.45) is 3.35. The Morgan fingerprint density at radius 2 is 1.90 bits per heavy atom. The van der Waals surface area contributed by atoms with E-state index in [1.165, 1.54) is 12.1 Å². The highest BCUT2D eigenvalue weighted by molar-refractivity contribution is 7.99. The molecular weight excluding hydrogens is 392 g/mol. The van der Waals surface area contributed by atoms with Crippen molar-refractivity contribution in [3.05, 3.63) is 95.8 Å². The van der Waals surface area contributed by atoms with E-state index in [1.54, 1.807) is 30.6 Å². The van der Waals surface area contributed by atoms with Crippen LogP contribution in [0.25, 0.3) is 10.9 Å². The summed E-state index contributed by atoms with van der Waals surface area (Å²) < 4.78 is 27.2. The van der Waals surface area contributed by atoms with E-state index in [2.05, 4.69) is 15.3 Å². The highest BCUT2D eigenvalue weighted by atomic mass is 32.2. The zero-order chi connectivity index (χ0) is 20.2. The fraction of sp³-hybridized carbons (Fsp3) is 0.0455. The fourth-order valence-corrected chi connectivity index (χ4v) is 3.68. The zero-order valence-corrected chi connectivity index (χ0v) is 15.9. The number of carbonyl (C=O) groups is 1. The van der Waals surface area contributed by atoms with Crippen molar-refractivity contribution in [1.82, 2.24) is 15.3 Å². The van der Waals surface area contributed by atoms with Crippen molar-refractivity contribution < 1.29 is 13.6 Å². The number of amides is 1. The monoisotopic (exact) mass is 407 g/mol. The Bertz CT molecular complexity index is 1190. The Labute approximate surface area is 170 Å². The summed E-state index contributed by atoms with van der Waals surface area (Å²) >= 11 is 1.04. The van der Waals surface area contributed by atoms with Crippen molar-refractivity contribution in [2.45, 2.75) is 16.5 Å². The molecule has 7 heteroatoms. The zero-order valence-electron chi connectivity index (χ0n) is 15.1. The first-order chi connectivity index (χ1) is 14.1. The number of nitrogens with zero attached hydrogens (tertiary/aromatic N) is 2. The lowest BCUT2D eigenvalue weighted by molar-refractivity contribution is 0.0952. The number of benzene rings is 2. The number of aromatic nitrogens is 2. The minimum Gasteiger partial charge on any atom is -0.348 e. The van der Waals surface area contributed by atoms with Gasteiger partial charge < -0.3 is 5.32 Å². The molecule has 1 amide bonds. The van der Waals surface area contributed by atoms with E-state index in [-0.39, 0.29) is 10.8 Å². The first kappa shape index (κ1) is 19.0. The number of para-hydroxylation sites is 1. The van der Waals surface area contributed by atoms with Crippen LogP contribution in [0, 0.1) is 11.6 Å².